The molecular formula is C13H9Cl2FN4O. The fourth-order valence-corrected chi connectivity index (χ4v) is 1.72. The predicted molar refractivity (Wildman–Crippen MR) is 80.6 cm³/mol. The van der Waals surface area contributed by atoms with Crippen LogP contribution < -0.4 is 10.6 Å². The minimum Gasteiger partial charge on any atom is -0.336 e. The van der Waals surface area contributed by atoms with Crippen LogP contribution >= 0.6 is 23.2 Å². The standard InChI is InChI=1S/C13H9Cl2FN4O/c1-2-11(21)18-7-3-4-9(16)10(5-7)19-12-8(14)6-17-13(15)20-12/h2-6H,1H2,(H,18,21)(H,17,19,20). The average Bonchev–Trinajstić information content (AvgIpc) is 2.46. The first-order valence-electron chi connectivity index (χ1n) is 5.67. The van der Waals surface area contributed by atoms with Crippen LogP contribution in [0.1, 0.15) is 0 Å². The van der Waals surface area contributed by atoms with Crippen molar-refractivity contribution >= 4 is 46.3 Å². The van der Waals surface area contributed by atoms with E-state index in [1.807, 2.05) is 0 Å². The van der Waals surface area contributed by atoms with Crippen LogP contribution in [0.3, 0.4) is 0 Å². The number of halogens is 3. The molecule has 5 nitrogen and oxygen atoms in total. The predicted octanol–water partition coefficient (Wildman–Crippen LogP) is 3.79. The molecule has 0 aliphatic rings. The van der Waals surface area contributed by atoms with Crippen LogP contribution in [0.5, 0.6) is 0 Å². The van der Waals surface area contributed by atoms with E-state index >= 15 is 0 Å². The number of carbonyl (C=O) groups is 1. The minimum absolute atomic E-state index is 0.0292. The van der Waals surface area contributed by atoms with E-state index in [9.17, 15) is 9.18 Å². The molecule has 2 aromatic rings. The molecule has 0 radical (unpaired) electrons. The summed E-state index contributed by atoms with van der Waals surface area (Å²) in [5.41, 5.74) is 0.466. The van der Waals surface area contributed by atoms with Gasteiger partial charge in [0.25, 0.3) is 0 Å². The van der Waals surface area contributed by atoms with Crippen molar-refractivity contribution in [3.63, 3.8) is 0 Å². The lowest BCUT2D eigenvalue weighted by Crippen LogP contribution is -2.08. The van der Waals surface area contributed by atoms with Gasteiger partial charge in [-0.05, 0) is 35.9 Å². The van der Waals surface area contributed by atoms with Gasteiger partial charge in [-0.3, -0.25) is 4.79 Å². The van der Waals surface area contributed by atoms with E-state index in [-0.39, 0.29) is 21.8 Å². The largest absolute Gasteiger partial charge is 0.336 e. The van der Waals surface area contributed by atoms with Crippen molar-refractivity contribution in [3.8, 4) is 0 Å². The maximum Gasteiger partial charge on any atom is 0.247 e. The number of hydrogen-bond donors (Lipinski definition) is 2. The van der Waals surface area contributed by atoms with Gasteiger partial charge in [0, 0.05) is 5.69 Å². The quantitative estimate of drug-likeness (QED) is 0.662. The molecule has 0 saturated heterocycles. The summed E-state index contributed by atoms with van der Waals surface area (Å²) < 4.78 is 13.8. The molecule has 108 valence electrons. The molecule has 1 heterocycles. The zero-order valence-electron chi connectivity index (χ0n) is 10.5. The first-order valence-corrected chi connectivity index (χ1v) is 6.43. The second kappa shape index (κ2) is 6.51. The zero-order chi connectivity index (χ0) is 15.4. The third kappa shape index (κ3) is 3.90. The van der Waals surface area contributed by atoms with E-state index < -0.39 is 11.7 Å². The second-order valence-electron chi connectivity index (χ2n) is 3.85. The van der Waals surface area contributed by atoms with Crippen LogP contribution in [0.25, 0.3) is 0 Å². The molecule has 0 aliphatic carbocycles. The maximum atomic E-state index is 13.8. The van der Waals surface area contributed by atoms with Crippen LogP contribution in [0.4, 0.5) is 21.6 Å². The van der Waals surface area contributed by atoms with E-state index in [1.54, 1.807) is 0 Å². The van der Waals surface area contributed by atoms with Gasteiger partial charge in [-0.25, -0.2) is 9.37 Å². The SMILES string of the molecule is C=CC(=O)Nc1ccc(F)c(Nc2nc(Cl)ncc2Cl)c1. The topological polar surface area (TPSA) is 66.9 Å². The third-order valence-electron chi connectivity index (χ3n) is 2.39. The highest BCUT2D eigenvalue weighted by Gasteiger charge is 2.09. The Balaban J connectivity index is 2.30. The normalized spacial score (nSPS) is 10.0. The smallest absolute Gasteiger partial charge is 0.247 e. The summed E-state index contributed by atoms with van der Waals surface area (Å²) in [5.74, 6) is -0.796. The molecule has 21 heavy (non-hydrogen) atoms. The van der Waals surface area contributed by atoms with Gasteiger partial charge in [0.15, 0.2) is 5.82 Å². The Morgan fingerprint density at radius 3 is 2.86 bits per heavy atom. The molecule has 0 unspecified atom stereocenters. The summed E-state index contributed by atoms with van der Waals surface area (Å²) in [4.78, 5) is 18.8. The zero-order valence-corrected chi connectivity index (χ0v) is 12.0. The van der Waals surface area contributed by atoms with Gasteiger partial charge in [-0.2, -0.15) is 4.98 Å². The molecule has 0 fully saturated rings. The minimum atomic E-state index is -0.544. The van der Waals surface area contributed by atoms with Crippen LogP contribution in [0, 0.1) is 5.82 Å². The van der Waals surface area contributed by atoms with Crippen molar-refractivity contribution in [1.82, 2.24) is 9.97 Å². The number of rotatable bonds is 4. The van der Waals surface area contributed by atoms with Gasteiger partial charge in [0.05, 0.1) is 11.9 Å². The van der Waals surface area contributed by atoms with Crippen molar-refractivity contribution in [3.05, 3.63) is 53.2 Å². The summed E-state index contributed by atoms with van der Waals surface area (Å²) in [6, 6.07) is 4.00. The number of hydrogen-bond acceptors (Lipinski definition) is 4. The molecule has 0 atom stereocenters. The van der Waals surface area contributed by atoms with Crippen LogP contribution in [-0.4, -0.2) is 15.9 Å². The third-order valence-corrected chi connectivity index (χ3v) is 2.85. The fraction of sp³-hybridized carbons (Fsp3) is 0. The van der Waals surface area contributed by atoms with Gasteiger partial charge < -0.3 is 10.6 Å². The van der Waals surface area contributed by atoms with Gasteiger partial charge in [0.1, 0.15) is 10.8 Å². The van der Waals surface area contributed by atoms with Gasteiger partial charge in [-0.1, -0.05) is 18.2 Å². The lowest BCUT2D eigenvalue weighted by atomic mass is 10.2. The lowest BCUT2D eigenvalue weighted by Gasteiger charge is -2.10. The van der Waals surface area contributed by atoms with E-state index in [1.165, 1.54) is 24.4 Å². The van der Waals surface area contributed by atoms with E-state index in [0.29, 0.717) is 5.69 Å². The monoisotopic (exact) mass is 326 g/mol. The molecular weight excluding hydrogens is 318 g/mol. The molecule has 0 aliphatic heterocycles. The number of anilines is 3. The maximum absolute atomic E-state index is 13.8. The molecule has 1 amide bonds. The van der Waals surface area contributed by atoms with Gasteiger partial charge >= 0.3 is 0 Å². The number of nitrogens with zero attached hydrogens (tertiary/aromatic N) is 2. The number of aromatic nitrogens is 2. The summed E-state index contributed by atoms with van der Waals surface area (Å²) in [6.07, 6.45) is 2.40. The van der Waals surface area contributed by atoms with Gasteiger partial charge in [-0.15, -0.1) is 0 Å². The van der Waals surface area contributed by atoms with Crippen molar-refractivity contribution < 1.29 is 9.18 Å². The summed E-state index contributed by atoms with van der Waals surface area (Å²) in [7, 11) is 0. The second-order valence-corrected chi connectivity index (χ2v) is 4.59. The number of nitrogens with one attached hydrogen (secondary N) is 2. The van der Waals surface area contributed by atoms with Crippen molar-refractivity contribution in [2.75, 3.05) is 10.6 Å². The van der Waals surface area contributed by atoms with E-state index in [2.05, 4.69) is 27.2 Å². The van der Waals surface area contributed by atoms with Crippen LogP contribution in [-0.2, 0) is 4.79 Å². The van der Waals surface area contributed by atoms with Gasteiger partial charge in [0.2, 0.25) is 11.2 Å². The average molecular weight is 327 g/mol. The lowest BCUT2D eigenvalue weighted by molar-refractivity contribution is -0.111. The summed E-state index contributed by atoms with van der Waals surface area (Å²) in [6.45, 7) is 3.34. The Labute approximate surface area is 129 Å². The Hall–Kier alpha value is -2.18. The Morgan fingerprint density at radius 1 is 1.38 bits per heavy atom. The fourth-order valence-electron chi connectivity index (χ4n) is 1.45. The molecule has 2 rings (SSSR count). The molecule has 0 bridgehead atoms. The molecule has 0 spiro atoms. The molecule has 1 aromatic carbocycles. The molecule has 1 aromatic heterocycles. The Bertz CT molecular complexity index is 709. The molecule has 0 saturated carbocycles. The van der Waals surface area contributed by atoms with E-state index in [4.69, 9.17) is 23.2 Å². The first-order chi connectivity index (χ1) is 9.99. The number of carbonyl (C=O) groups excluding carboxylic acids is 1. The summed E-state index contributed by atoms with van der Waals surface area (Å²) >= 11 is 11.6. The highest BCUT2D eigenvalue weighted by molar-refractivity contribution is 6.33. The van der Waals surface area contributed by atoms with Crippen molar-refractivity contribution in [1.29, 1.82) is 0 Å². The first kappa shape index (κ1) is 15.2. The van der Waals surface area contributed by atoms with Crippen LogP contribution in [0.15, 0.2) is 37.1 Å². The number of benzene rings is 1. The van der Waals surface area contributed by atoms with E-state index in [0.717, 1.165) is 6.08 Å². The highest BCUT2D eigenvalue weighted by Crippen LogP contribution is 2.27. The highest BCUT2D eigenvalue weighted by atomic mass is 35.5. The van der Waals surface area contributed by atoms with Crippen molar-refractivity contribution in [2.24, 2.45) is 0 Å². The Kier molecular flexibility index (Phi) is 4.72. The van der Waals surface area contributed by atoms with Crippen LogP contribution in [0.2, 0.25) is 10.3 Å². The Morgan fingerprint density at radius 2 is 2.14 bits per heavy atom. The molecule has 8 heteroatoms. The molecule has 2 N–H and O–H groups in total. The van der Waals surface area contributed by atoms with Crippen molar-refractivity contribution in [2.45, 2.75) is 0 Å². The summed E-state index contributed by atoms with van der Waals surface area (Å²) in [5, 5.41) is 5.36. The number of amides is 1.